The first kappa shape index (κ1) is 14.5. The van der Waals surface area contributed by atoms with Gasteiger partial charge in [0.25, 0.3) is 0 Å². The lowest BCUT2D eigenvalue weighted by atomic mass is 10.0. The van der Waals surface area contributed by atoms with Crippen LogP contribution < -0.4 is 5.32 Å². The molecule has 116 valence electrons. The van der Waals surface area contributed by atoms with Crippen LogP contribution in [0.3, 0.4) is 0 Å². The monoisotopic (exact) mass is 300 g/mol. The highest BCUT2D eigenvalue weighted by molar-refractivity contribution is 5.74. The van der Waals surface area contributed by atoms with Gasteiger partial charge in [-0.15, -0.1) is 10.2 Å². The minimum Gasteiger partial charge on any atom is -0.331 e. The van der Waals surface area contributed by atoms with Gasteiger partial charge in [-0.3, -0.25) is 0 Å². The summed E-state index contributed by atoms with van der Waals surface area (Å²) in [5.41, 5.74) is 1.27. The molecule has 0 bridgehead atoms. The Bertz CT molecular complexity index is 626. The van der Waals surface area contributed by atoms with E-state index >= 15 is 0 Å². The van der Waals surface area contributed by atoms with Crippen LogP contribution in [-0.4, -0.2) is 43.7 Å². The summed E-state index contributed by atoms with van der Waals surface area (Å²) in [6.07, 6.45) is 3.00. The maximum Gasteiger partial charge on any atom is 0.318 e. The van der Waals surface area contributed by atoms with Crippen LogP contribution in [0.15, 0.2) is 30.3 Å². The van der Waals surface area contributed by atoms with Gasteiger partial charge in [0.05, 0.1) is 13.6 Å². The van der Waals surface area contributed by atoms with E-state index in [1.165, 1.54) is 10.4 Å². The molecule has 2 aromatic rings. The van der Waals surface area contributed by atoms with Crippen LogP contribution in [0, 0.1) is 0 Å². The number of benzene rings is 1. The minimum absolute atomic E-state index is 0.0501. The maximum atomic E-state index is 12.4. The molecule has 2 heterocycles. The molecule has 0 spiro atoms. The van der Waals surface area contributed by atoms with Crippen molar-refractivity contribution >= 4 is 6.03 Å². The molecule has 22 heavy (non-hydrogen) atoms. The van der Waals surface area contributed by atoms with Crippen LogP contribution in [0.2, 0.25) is 0 Å². The number of hydrogen-bond donors (Lipinski definition) is 1. The lowest BCUT2D eigenvalue weighted by Crippen LogP contribution is -2.43. The molecule has 3 rings (SSSR count). The van der Waals surface area contributed by atoms with Crippen molar-refractivity contribution in [3.8, 4) is 0 Å². The SMILES string of the molecule is Cn1nnc(CNC(=O)N2CCCC2Cc2ccccc2)n1. The predicted octanol–water partition coefficient (Wildman–Crippen LogP) is 1.13. The summed E-state index contributed by atoms with van der Waals surface area (Å²) >= 11 is 0. The van der Waals surface area contributed by atoms with E-state index in [-0.39, 0.29) is 12.1 Å². The number of amides is 2. The molecule has 0 radical (unpaired) electrons. The average Bonchev–Trinajstić information content (AvgIpc) is 3.15. The number of likely N-dealkylation sites (tertiary alicyclic amines) is 1. The predicted molar refractivity (Wildman–Crippen MR) is 80.9 cm³/mol. The van der Waals surface area contributed by atoms with Crippen molar-refractivity contribution in [1.82, 2.24) is 30.4 Å². The van der Waals surface area contributed by atoms with Crippen molar-refractivity contribution in [3.05, 3.63) is 41.7 Å². The van der Waals surface area contributed by atoms with E-state index in [0.29, 0.717) is 12.4 Å². The van der Waals surface area contributed by atoms with Crippen molar-refractivity contribution in [3.63, 3.8) is 0 Å². The summed E-state index contributed by atoms with van der Waals surface area (Å²) < 4.78 is 0. The van der Waals surface area contributed by atoms with Crippen LogP contribution in [-0.2, 0) is 20.0 Å². The molecule has 1 aliphatic heterocycles. The van der Waals surface area contributed by atoms with Crippen molar-refractivity contribution in [2.75, 3.05) is 6.54 Å². The normalized spacial score (nSPS) is 17.7. The van der Waals surface area contributed by atoms with E-state index in [9.17, 15) is 4.79 Å². The third kappa shape index (κ3) is 3.41. The van der Waals surface area contributed by atoms with Crippen LogP contribution in [0.1, 0.15) is 24.2 Å². The second kappa shape index (κ2) is 6.55. The number of aryl methyl sites for hydroxylation is 1. The molecular formula is C15H20N6O. The van der Waals surface area contributed by atoms with E-state index in [4.69, 9.17) is 0 Å². The van der Waals surface area contributed by atoms with Crippen LogP contribution in [0.5, 0.6) is 0 Å². The zero-order valence-corrected chi connectivity index (χ0v) is 12.6. The standard InChI is InChI=1S/C15H20N6O/c1-20-18-14(17-19-20)11-16-15(22)21-9-5-8-13(21)10-12-6-3-2-4-7-12/h2-4,6-7,13H,5,8-11H2,1H3,(H,16,22). The molecule has 1 fully saturated rings. The number of hydrogen-bond acceptors (Lipinski definition) is 4. The van der Waals surface area contributed by atoms with Gasteiger partial charge in [0, 0.05) is 12.6 Å². The number of aromatic nitrogens is 4. The van der Waals surface area contributed by atoms with Gasteiger partial charge in [-0.1, -0.05) is 30.3 Å². The number of nitrogens with zero attached hydrogens (tertiary/aromatic N) is 5. The van der Waals surface area contributed by atoms with Gasteiger partial charge >= 0.3 is 6.03 Å². The average molecular weight is 300 g/mol. The Labute approximate surface area is 129 Å². The summed E-state index contributed by atoms with van der Waals surface area (Å²) in [6, 6.07) is 10.5. The van der Waals surface area contributed by atoms with Gasteiger partial charge in [-0.2, -0.15) is 4.80 Å². The van der Waals surface area contributed by atoms with Crippen molar-refractivity contribution < 1.29 is 4.79 Å². The molecule has 1 unspecified atom stereocenters. The Morgan fingerprint density at radius 1 is 1.36 bits per heavy atom. The number of tetrazole rings is 1. The third-order valence-corrected chi connectivity index (χ3v) is 3.90. The van der Waals surface area contributed by atoms with Crippen molar-refractivity contribution in [2.24, 2.45) is 7.05 Å². The zero-order valence-electron chi connectivity index (χ0n) is 12.6. The highest BCUT2D eigenvalue weighted by Crippen LogP contribution is 2.21. The van der Waals surface area contributed by atoms with Gasteiger partial charge in [-0.05, 0) is 30.0 Å². The van der Waals surface area contributed by atoms with E-state index in [2.05, 4.69) is 32.9 Å². The number of rotatable bonds is 4. The lowest BCUT2D eigenvalue weighted by Gasteiger charge is -2.24. The first-order valence-electron chi connectivity index (χ1n) is 7.53. The minimum atomic E-state index is -0.0501. The number of urea groups is 1. The molecule has 0 saturated carbocycles. The van der Waals surface area contributed by atoms with Gasteiger partial charge in [0.2, 0.25) is 0 Å². The molecule has 1 N–H and O–H groups in total. The highest BCUT2D eigenvalue weighted by atomic mass is 16.2. The number of carbonyl (C=O) groups is 1. The molecule has 1 atom stereocenters. The molecule has 1 aromatic carbocycles. The van der Waals surface area contributed by atoms with Gasteiger partial charge in [-0.25, -0.2) is 4.79 Å². The van der Waals surface area contributed by atoms with Gasteiger partial charge in [0.15, 0.2) is 5.82 Å². The number of nitrogens with one attached hydrogen (secondary N) is 1. The maximum absolute atomic E-state index is 12.4. The Kier molecular flexibility index (Phi) is 4.32. The van der Waals surface area contributed by atoms with Crippen molar-refractivity contribution in [1.29, 1.82) is 0 Å². The Hall–Kier alpha value is -2.44. The largest absolute Gasteiger partial charge is 0.331 e. The molecule has 7 nitrogen and oxygen atoms in total. The fourth-order valence-electron chi connectivity index (χ4n) is 2.85. The topological polar surface area (TPSA) is 75.9 Å². The van der Waals surface area contributed by atoms with E-state index in [0.717, 1.165) is 25.8 Å². The first-order valence-corrected chi connectivity index (χ1v) is 7.53. The molecule has 1 aliphatic rings. The van der Waals surface area contributed by atoms with Crippen LogP contribution >= 0.6 is 0 Å². The number of carbonyl (C=O) groups excluding carboxylic acids is 1. The van der Waals surface area contributed by atoms with E-state index in [1.54, 1.807) is 7.05 Å². The second-order valence-corrected chi connectivity index (χ2v) is 5.53. The fourth-order valence-corrected chi connectivity index (χ4v) is 2.85. The molecule has 1 saturated heterocycles. The van der Waals surface area contributed by atoms with Crippen LogP contribution in [0.25, 0.3) is 0 Å². The second-order valence-electron chi connectivity index (χ2n) is 5.53. The zero-order chi connectivity index (χ0) is 15.4. The van der Waals surface area contributed by atoms with Crippen LogP contribution in [0.4, 0.5) is 4.79 Å². The summed E-state index contributed by atoms with van der Waals surface area (Å²) in [4.78, 5) is 15.7. The van der Waals surface area contributed by atoms with E-state index in [1.807, 2.05) is 23.1 Å². The molecule has 2 amide bonds. The van der Waals surface area contributed by atoms with Crippen molar-refractivity contribution in [2.45, 2.75) is 31.8 Å². The molecule has 0 aliphatic carbocycles. The Balaban J connectivity index is 1.56. The summed E-state index contributed by atoms with van der Waals surface area (Å²) in [6.45, 7) is 1.11. The molecule has 7 heteroatoms. The molecule has 1 aromatic heterocycles. The smallest absolute Gasteiger partial charge is 0.318 e. The summed E-state index contributed by atoms with van der Waals surface area (Å²) in [7, 11) is 1.70. The summed E-state index contributed by atoms with van der Waals surface area (Å²) in [5.74, 6) is 0.523. The lowest BCUT2D eigenvalue weighted by molar-refractivity contribution is 0.191. The van der Waals surface area contributed by atoms with E-state index < -0.39 is 0 Å². The quantitative estimate of drug-likeness (QED) is 0.918. The Morgan fingerprint density at radius 3 is 2.91 bits per heavy atom. The molecular weight excluding hydrogens is 280 g/mol. The Morgan fingerprint density at radius 2 is 2.18 bits per heavy atom. The third-order valence-electron chi connectivity index (χ3n) is 3.90. The fraction of sp³-hybridized carbons (Fsp3) is 0.467. The van der Waals surface area contributed by atoms with Gasteiger partial charge in [0.1, 0.15) is 0 Å². The highest BCUT2D eigenvalue weighted by Gasteiger charge is 2.28. The van der Waals surface area contributed by atoms with Gasteiger partial charge < -0.3 is 10.2 Å². The first-order chi connectivity index (χ1) is 10.7. The summed E-state index contributed by atoms with van der Waals surface area (Å²) in [5, 5.41) is 14.6.